The molecule has 0 aromatic heterocycles. The van der Waals surface area contributed by atoms with E-state index in [2.05, 4.69) is 10.6 Å². The molecule has 0 atom stereocenters. The van der Waals surface area contributed by atoms with E-state index in [0.717, 1.165) is 33.6 Å². The van der Waals surface area contributed by atoms with E-state index in [4.69, 9.17) is 0 Å². The second-order valence-corrected chi connectivity index (χ2v) is 7.17. The van der Waals surface area contributed by atoms with Crippen molar-refractivity contribution >= 4 is 23.2 Å². The topological polar surface area (TPSA) is 58.2 Å². The van der Waals surface area contributed by atoms with Crippen molar-refractivity contribution in [3.63, 3.8) is 0 Å². The van der Waals surface area contributed by atoms with Gasteiger partial charge in [-0.3, -0.25) is 9.59 Å². The van der Waals surface area contributed by atoms with Gasteiger partial charge in [0, 0.05) is 11.4 Å². The zero-order valence-electron chi connectivity index (χ0n) is 15.8. The van der Waals surface area contributed by atoms with Gasteiger partial charge in [-0.25, -0.2) is 0 Å². The third-order valence-corrected chi connectivity index (χ3v) is 4.40. The Labute approximate surface area is 149 Å². The van der Waals surface area contributed by atoms with Crippen LogP contribution in [0.4, 0.5) is 11.4 Å². The molecule has 0 unspecified atom stereocenters. The third-order valence-electron chi connectivity index (χ3n) is 4.40. The number of hydrogen-bond acceptors (Lipinski definition) is 2. The molecule has 0 saturated carbocycles. The van der Waals surface area contributed by atoms with Crippen molar-refractivity contribution in [2.75, 3.05) is 10.6 Å². The summed E-state index contributed by atoms with van der Waals surface area (Å²) in [7, 11) is 0. The summed E-state index contributed by atoms with van der Waals surface area (Å²) in [5, 5.41) is 5.74. The Morgan fingerprint density at radius 2 is 1.08 bits per heavy atom. The zero-order valence-corrected chi connectivity index (χ0v) is 15.8. The fraction of sp³-hybridized carbons (Fsp3) is 0.333. The number of carbonyl (C=O) groups excluding carboxylic acids is 2. The van der Waals surface area contributed by atoms with E-state index >= 15 is 0 Å². The van der Waals surface area contributed by atoms with Gasteiger partial charge in [0.1, 0.15) is 5.41 Å². The first-order valence-electron chi connectivity index (χ1n) is 8.38. The molecular formula is C21H26N2O2. The Morgan fingerprint density at radius 3 is 1.40 bits per heavy atom. The van der Waals surface area contributed by atoms with Gasteiger partial charge in [-0.1, -0.05) is 35.4 Å². The van der Waals surface area contributed by atoms with Crippen LogP contribution in [0.5, 0.6) is 0 Å². The molecule has 2 N–H and O–H groups in total. The number of anilines is 2. The van der Waals surface area contributed by atoms with E-state index in [1.807, 2.05) is 64.1 Å². The number of aryl methyl sites for hydroxylation is 4. The van der Waals surface area contributed by atoms with Gasteiger partial charge < -0.3 is 10.6 Å². The van der Waals surface area contributed by atoms with E-state index in [0.29, 0.717) is 0 Å². The quantitative estimate of drug-likeness (QED) is 0.805. The Hall–Kier alpha value is -2.62. The van der Waals surface area contributed by atoms with Crippen LogP contribution < -0.4 is 10.6 Å². The maximum Gasteiger partial charge on any atom is 0.239 e. The van der Waals surface area contributed by atoms with Crippen molar-refractivity contribution in [1.82, 2.24) is 0 Å². The second kappa shape index (κ2) is 7.09. The van der Waals surface area contributed by atoms with Crippen molar-refractivity contribution in [3.05, 3.63) is 58.7 Å². The van der Waals surface area contributed by atoms with E-state index in [9.17, 15) is 9.59 Å². The summed E-state index contributed by atoms with van der Waals surface area (Å²) in [4.78, 5) is 25.3. The van der Waals surface area contributed by atoms with Crippen LogP contribution in [0.25, 0.3) is 0 Å². The molecule has 2 amide bonds. The third kappa shape index (κ3) is 4.27. The van der Waals surface area contributed by atoms with Crippen molar-refractivity contribution in [3.8, 4) is 0 Å². The standard InChI is InChI=1S/C21H26N2O2/c1-13-7-9-17(15(3)11-13)22-19(24)21(5,6)20(25)23-18-10-8-14(2)12-16(18)4/h7-12H,1-6H3,(H,22,24)(H,23,25). The summed E-state index contributed by atoms with van der Waals surface area (Å²) >= 11 is 0. The molecule has 0 heterocycles. The molecule has 0 saturated heterocycles. The molecule has 0 spiro atoms. The van der Waals surface area contributed by atoms with Gasteiger partial charge in [-0.15, -0.1) is 0 Å². The minimum absolute atomic E-state index is 0.332. The van der Waals surface area contributed by atoms with Crippen molar-refractivity contribution in [2.45, 2.75) is 41.5 Å². The van der Waals surface area contributed by atoms with Crippen LogP contribution in [0.2, 0.25) is 0 Å². The van der Waals surface area contributed by atoms with Crippen LogP contribution in [0, 0.1) is 33.1 Å². The normalized spacial score (nSPS) is 11.1. The number of benzene rings is 2. The number of hydrogen-bond donors (Lipinski definition) is 2. The van der Waals surface area contributed by atoms with Crippen LogP contribution in [-0.4, -0.2) is 11.8 Å². The predicted molar refractivity (Wildman–Crippen MR) is 103 cm³/mol. The highest BCUT2D eigenvalue weighted by Gasteiger charge is 2.36. The maximum absolute atomic E-state index is 12.7. The first kappa shape index (κ1) is 18.7. The van der Waals surface area contributed by atoms with Crippen molar-refractivity contribution in [1.29, 1.82) is 0 Å². The zero-order chi connectivity index (χ0) is 18.8. The molecule has 0 radical (unpaired) electrons. The van der Waals surface area contributed by atoms with Gasteiger partial charge in [0.2, 0.25) is 11.8 Å². The van der Waals surface area contributed by atoms with Crippen molar-refractivity contribution < 1.29 is 9.59 Å². The molecule has 2 rings (SSSR count). The smallest absolute Gasteiger partial charge is 0.239 e. The van der Waals surface area contributed by atoms with Gasteiger partial charge in [0.05, 0.1) is 0 Å². The SMILES string of the molecule is Cc1ccc(NC(=O)C(C)(C)C(=O)Nc2ccc(C)cc2C)c(C)c1. The highest BCUT2D eigenvalue weighted by Crippen LogP contribution is 2.25. The van der Waals surface area contributed by atoms with Crippen LogP contribution in [0.15, 0.2) is 36.4 Å². The van der Waals surface area contributed by atoms with Gasteiger partial charge in [-0.05, 0) is 64.8 Å². The molecule has 0 bridgehead atoms. The Balaban J connectivity index is 2.15. The molecule has 2 aromatic rings. The first-order chi connectivity index (χ1) is 11.6. The molecule has 0 aliphatic heterocycles. The van der Waals surface area contributed by atoms with Gasteiger partial charge in [0.25, 0.3) is 0 Å². The second-order valence-electron chi connectivity index (χ2n) is 7.17. The average molecular weight is 338 g/mol. The fourth-order valence-electron chi connectivity index (χ4n) is 2.57. The van der Waals surface area contributed by atoms with Gasteiger partial charge in [-0.2, -0.15) is 0 Å². The molecular weight excluding hydrogens is 312 g/mol. The lowest BCUT2D eigenvalue weighted by molar-refractivity contribution is -0.135. The highest BCUT2D eigenvalue weighted by molar-refractivity contribution is 6.14. The molecule has 0 aliphatic carbocycles. The lowest BCUT2D eigenvalue weighted by Crippen LogP contribution is -2.41. The van der Waals surface area contributed by atoms with E-state index in [1.54, 1.807) is 13.8 Å². The van der Waals surface area contributed by atoms with Crippen LogP contribution in [0.3, 0.4) is 0 Å². The van der Waals surface area contributed by atoms with Crippen LogP contribution >= 0.6 is 0 Å². The fourth-order valence-corrected chi connectivity index (χ4v) is 2.57. The van der Waals surface area contributed by atoms with Gasteiger partial charge >= 0.3 is 0 Å². The molecule has 0 fully saturated rings. The maximum atomic E-state index is 12.7. The summed E-state index contributed by atoms with van der Waals surface area (Å²) in [6, 6.07) is 11.6. The molecule has 4 heteroatoms. The number of carbonyl (C=O) groups is 2. The number of amides is 2. The summed E-state index contributed by atoms with van der Waals surface area (Å²) in [5.41, 5.74) is 4.45. The van der Waals surface area contributed by atoms with Crippen LogP contribution in [0.1, 0.15) is 36.1 Å². The Bertz CT molecular complexity index is 755. The monoisotopic (exact) mass is 338 g/mol. The van der Waals surface area contributed by atoms with Crippen molar-refractivity contribution in [2.24, 2.45) is 5.41 Å². The lowest BCUT2D eigenvalue weighted by atomic mass is 9.90. The lowest BCUT2D eigenvalue weighted by Gasteiger charge is -2.24. The highest BCUT2D eigenvalue weighted by atomic mass is 16.2. The summed E-state index contributed by atoms with van der Waals surface area (Å²) in [5.74, 6) is -0.663. The van der Waals surface area contributed by atoms with Crippen LogP contribution in [-0.2, 0) is 9.59 Å². The Morgan fingerprint density at radius 1 is 0.720 bits per heavy atom. The average Bonchev–Trinajstić information content (AvgIpc) is 2.52. The molecule has 0 aliphatic rings. The summed E-state index contributed by atoms with van der Waals surface area (Å²) in [6.45, 7) is 11.1. The number of rotatable bonds is 4. The first-order valence-corrected chi connectivity index (χ1v) is 8.38. The summed E-state index contributed by atoms with van der Waals surface area (Å²) in [6.07, 6.45) is 0. The van der Waals surface area contributed by atoms with E-state index < -0.39 is 5.41 Å². The molecule has 2 aromatic carbocycles. The predicted octanol–water partition coefficient (Wildman–Crippen LogP) is 4.52. The van der Waals surface area contributed by atoms with E-state index in [1.165, 1.54) is 0 Å². The minimum Gasteiger partial charge on any atom is -0.325 e. The van der Waals surface area contributed by atoms with Gasteiger partial charge in [0.15, 0.2) is 0 Å². The number of nitrogens with one attached hydrogen (secondary N) is 2. The summed E-state index contributed by atoms with van der Waals surface area (Å²) < 4.78 is 0. The molecule has 132 valence electrons. The van der Waals surface area contributed by atoms with E-state index in [-0.39, 0.29) is 11.8 Å². The largest absolute Gasteiger partial charge is 0.325 e. The molecule has 4 nitrogen and oxygen atoms in total. The minimum atomic E-state index is -1.20. The Kier molecular flexibility index (Phi) is 5.31. The molecule has 25 heavy (non-hydrogen) atoms.